The first-order valence-electron chi connectivity index (χ1n) is 7.61. The molecule has 0 saturated heterocycles. The molecule has 0 N–H and O–H groups in total. The second kappa shape index (κ2) is 8.54. The molecule has 0 heterocycles. The number of hydrogen-bond acceptors (Lipinski definition) is 0. The molecule has 0 aliphatic heterocycles. The highest BCUT2D eigenvalue weighted by Crippen LogP contribution is 2.59. The first-order valence-corrected chi connectivity index (χ1v) is 8.86. The SMILES string of the molecule is CCCCCCC(I)C(C)C(F)(F)C(F)(F)C(F)(F)C(F)(F)C(F)(F)F. The molecule has 2 unspecified atom stereocenters. The number of hydrogen-bond donors (Lipinski definition) is 0. The summed E-state index contributed by atoms with van der Waals surface area (Å²) in [6.45, 7) is 2.26. The fourth-order valence-corrected chi connectivity index (χ4v) is 3.01. The summed E-state index contributed by atoms with van der Waals surface area (Å²) < 4.78 is 142. The van der Waals surface area contributed by atoms with E-state index in [2.05, 4.69) is 0 Å². The molecule has 0 saturated carbocycles. The normalized spacial score (nSPS) is 17.3. The van der Waals surface area contributed by atoms with E-state index in [0.717, 1.165) is 6.42 Å². The fraction of sp³-hybridized carbons (Fsp3) is 1.00. The van der Waals surface area contributed by atoms with Gasteiger partial charge in [-0.25, -0.2) is 0 Å². The summed E-state index contributed by atoms with van der Waals surface area (Å²) in [4.78, 5) is 0. The van der Waals surface area contributed by atoms with Gasteiger partial charge in [-0.1, -0.05) is 62.1 Å². The van der Waals surface area contributed by atoms with Crippen LogP contribution in [0.1, 0.15) is 46.0 Å². The van der Waals surface area contributed by atoms with Crippen molar-refractivity contribution in [1.29, 1.82) is 0 Å². The van der Waals surface area contributed by atoms with Gasteiger partial charge in [0.15, 0.2) is 0 Å². The summed E-state index contributed by atoms with van der Waals surface area (Å²) in [6.07, 6.45) is -4.90. The van der Waals surface area contributed by atoms with Gasteiger partial charge in [-0.15, -0.1) is 0 Å². The Labute approximate surface area is 157 Å². The Morgan fingerprint density at radius 2 is 1.15 bits per heavy atom. The molecule has 0 fully saturated rings. The summed E-state index contributed by atoms with van der Waals surface area (Å²) in [7, 11) is 0. The van der Waals surface area contributed by atoms with E-state index in [4.69, 9.17) is 0 Å². The largest absolute Gasteiger partial charge is 0.460 e. The van der Waals surface area contributed by atoms with Crippen molar-refractivity contribution in [2.45, 2.75) is 79.7 Å². The van der Waals surface area contributed by atoms with Gasteiger partial charge in [-0.2, -0.15) is 48.3 Å². The minimum absolute atomic E-state index is 0.103. The van der Waals surface area contributed by atoms with Gasteiger partial charge in [-0.05, 0) is 6.42 Å². The summed E-state index contributed by atoms with van der Waals surface area (Å²) in [6, 6.07) is 0. The topological polar surface area (TPSA) is 0 Å². The van der Waals surface area contributed by atoms with E-state index >= 15 is 0 Å². The van der Waals surface area contributed by atoms with Crippen molar-refractivity contribution in [3.8, 4) is 0 Å². The van der Waals surface area contributed by atoms with Crippen LogP contribution in [0.15, 0.2) is 0 Å². The van der Waals surface area contributed by atoms with Crippen molar-refractivity contribution in [3.05, 3.63) is 0 Å². The van der Waals surface area contributed by atoms with Crippen LogP contribution in [0.25, 0.3) is 0 Å². The van der Waals surface area contributed by atoms with Crippen LogP contribution in [0.2, 0.25) is 0 Å². The first kappa shape index (κ1) is 26.0. The molecule has 0 aliphatic rings. The van der Waals surface area contributed by atoms with Crippen LogP contribution in [0, 0.1) is 5.92 Å². The predicted octanol–water partition coefficient (Wildman–Crippen LogP) is 7.50. The lowest BCUT2D eigenvalue weighted by molar-refractivity contribution is -0.426. The van der Waals surface area contributed by atoms with E-state index in [1.165, 1.54) is 22.6 Å². The van der Waals surface area contributed by atoms with E-state index in [-0.39, 0.29) is 6.42 Å². The molecule has 2 atom stereocenters. The Hall–Kier alpha value is -0.0400. The van der Waals surface area contributed by atoms with Gasteiger partial charge in [0.2, 0.25) is 0 Å². The maximum absolute atomic E-state index is 13.9. The van der Waals surface area contributed by atoms with E-state index in [1.807, 2.05) is 6.92 Å². The van der Waals surface area contributed by atoms with Gasteiger partial charge < -0.3 is 0 Å². The molecule has 0 aromatic heterocycles. The molecule has 0 bridgehead atoms. The lowest BCUT2D eigenvalue weighted by Crippen LogP contribution is -2.68. The Kier molecular flexibility index (Phi) is 8.53. The van der Waals surface area contributed by atoms with Crippen LogP contribution < -0.4 is 0 Å². The molecule has 12 heteroatoms. The molecule has 158 valence electrons. The molecule has 0 aromatic rings. The maximum atomic E-state index is 13.9. The monoisotopic (exact) mass is 522 g/mol. The molecule has 0 rings (SSSR count). The second-order valence-corrected chi connectivity index (χ2v) is 7.60. The number of alkyl halides is 12. The molecule has 0 spiro atoms. The Morgan fingerprint density at radius 3 is 1.54 bits per heavy atom. The first-order chi connectivity index (χ1) is 11.4. The third-order valence-corrected chi connectivity index (χ3v) is 5.71. The van der Waals surface area contributed by atoms with E-state index in [1.54, 1.807) is 0 Å². The zero-order valence-corrected chi connectivity index (χ0v) is 15.9. The van der Waals surface area contributed by atoms with Crippen molar-refractivity contribution in [1.82, 2.24) is 0 Å². The second-order valence-electron chi connectivity index (χ2n) is 6.00. The van der Waals surface area contributed by atoms with E-state index in [0.29, 0.717) is 26.2 Å². The van der Waals surface area contributed by atoms with Crippen LogP contribution in [0.5, 0.6) is 0 Å². The van der Waals surface area contributed by atoms with Crippen molar-refractivity contribution in [2.75, 3.05) is 0 Å². The van der Waals surface area contributed by atoms with Crippen LogP contribution >= 0.6 is 22.6 Å². The number of unbranched alkanes of at least 4 members (excludes halogenated alkanes) is 3. The van der Waals surface area contributed by atoms with Gasteiger partial charge in [0.25, 0.3) is 0 Å². The third-order valence-electron chi connectivity index (χ3n) is 4.01. The van der Waals surface area contributed by atoms with Crippen molar-refractivity contribution < 1.29 is 48.3 Å². The van der Waals surface area contributed by atoms with Gasteiger partial charge in [0.05, 0.1) is 0 Å². The highest BCUT2D eigenvalue weighted by atomic mass is 127. The highest BCUT2D eigenvalue weighted by molar-refractivity contribution is 14.1. The van der Waals surface area contributed by atoms with Gasteiger partial charge in [0.1, 0.15) is 0 Å². The molecule has 0 nitrogen and oxygen atoms in total. The third kappa shape index (κ3) is 4.68. The van der Waals surface area contributed by atoms with Crippen molar-refractivity contribution in [3.63, 3.8) is 0 Å². The van der Waals surface area contributed by atoms with Crippen molar-refractivity contribution in [2.24, 2.45) is 5.92 Å². The molecule has 0 radical (unpaired) electrons. The highest BCUT2D eigenvalue weighted by Gasteiger charge is 2.87. The van der Waals surface area contributed by atoms with Gasteiger partial charge >= 0.3 is 29.9 Å². The van der Waals surface area contributed by atoms with Crippen LogP contribution in [0.4, 0.5) is 48.3 Å². The molecule has 0 aliphatic carbocycles. The van der Waals surface area contributed by atoms with Crippen molar-refractivity contribution >= 4 is 22.6 Å². The van der Waals surface area contributed by atoms with Crippen LogP contribution in [-0.2, 0) is 0 Å². The summed E-state index contributed by atoms with van der Waals surface area (Å²) in [5.41, 5.74) is 0. The minimum Gasteiger partial charge on any atom is -0.199 e. The minimum atomic E-state index is -7.32. The molecule has 0 amide bonds. The van der Waals surface area contributed by atoms with Gasteiger partial charge in [-0.3, -0.25) is 0 Å². The summed E-state index contributed by atoms with van der Waals surface area (Å²) in [5.74, 6) is -29.9. The van der Waals surface area contributed by atoms with E-state index < -0.39 is 39.7 Å². The zero-order chi connectivity index (χ0) is 21.2. The maximum Gasteiger partial charge on any atom is 0.460 e. The quantitative estimate of drug-likeness (QED) is 0.121. The number of rotatable bonds is 10. The van der Waals surface area contributed by atoms with Gasteiger partial charge in [0, 0.05) is 9.84 Å². The van der Waals surface area contributed by atoms with Crippen LogP contribution in [0.3, 0.4) is 0 Å². The molecule has 0 aromatic carbocycles. The lowest BCUT2D eigenvalue weighted by Gasteiger charge is -2.40. The van der Waals surface area contributed by atoms with E-state index in [9.17, 15) is 48.3 Å². The fourth-order valence-electron chi connectivity index (χ4n) is 2.11. The van der Waals surface area contributed by atoms with Crippen LogP contribution in [-0.4, -0.2) is 33.8 Å². The molecule has 26 heavy (non-hydrogen) atoms. The molecular formula is C14H18F11I. The Balaban J connectivity index is 5.59. The number of halogens is 12. The smallest absolute Gasteiger partial charge is 0.199 e. The predicted molar refractivity (Wildman–Crippen MR) is 81.6 cm³/mol. The summed E-state index contributed by atoms with van der Waals surface area (Å²) in [5, 5.41) is 0. The lowest BCUT2D eigenvalue weighted by atomic mass is 9.87. The average molecular weight is 522 g/mol. The Bertz CT molecular complexity index is 445. The Morgan fingerprint density at radius 1 is 0.692 bits per heavy atom. The standard InChI is InChI=1S/C14H18F11I/c1-3-4-5-6-7-9(26)8(2)10(15,16)11(17,18)12(19,20)13(21,22)14(23,24)25/h8-9H,3-7H2,1-2H3. The zero-order valence-electron chi connectivity index (χ0n) is 13.7. The molecular weight excluding hydrogens is 504 g/mol. The average Bonchev–Trinajstić information content (AvgIpc) is 2.48. The summed E-state index contributed by atoms with van der Waals surface area (Å²) >= 11 is 1.28.